The van der Waals surface area contributed by atoms with Gasteiger partial charge in [0, 0.05) is 23.2 Å². The fraction of sp³-hybridized carbons (Fsp3) is 0.455. The second-order valence-corrected chi connectivity index (χ2v) is 8.94. The van der Waals surface area contributed by atoms with E-state index >= 15 is 0 Å². The normalized spacial score (nSPS) is 18.3. The van der Waals surface area contributed by atoms with Crippen molar-refractivity contribution in [3.05, 3.63) is 45.7 Å². The molecular formula is C22H23N3O2S. The molecule has 3 aliphatic rings. The number of hydrogen-bond donors (Lipinski definition) is 2. The quantitative estimate of drug-likeness (QED) is 0.721. The third-order valence-electron chi connectivity index (χ3n) is 6.52. The van der Waals surface area contributed by atoms with Crippen LogP contribution in [0.15, 0.2) is 21.8 Å². The Hall–Kier alpha value is -2.39. The molecule has 0 aliphatic heterocycles. The molecule has 0 radical (unpaired) electrons. The van der Waals surface area contributed by atoms with Crippen LogP contribution < -0.4 is 10.0 Å². The number of furan rings is 1. The second kappa shape index (κ2) is 6.59. The summed E-state index contributed by atoms with van der Waals surface area (Å²) in [5, 5.41) is 13.0. The number of nitrogens with one attached hydrogen (secondary N) is 2. The fourth-order valence-electron chi connectivity index (χ4n) is 4.83. The molecule has 0 saturated heterocycles. The van der Waals surface area contributed by atoms with Crippen molar-refractivity contribution in [1.82, 2.24) is 4.72 Å². The molecule has 1 heterocycles. The number of rotatable bonds is 4. The van der Waals surface area contributed by atoms with Crippen molar-refractivity contribution < 1.29 is 9.21 Å². The van der Waals surface area contributed by atoms with Crippen LogP contribution in [0, 0.1) is 18.3 Å². The van der Waals surface area contributed by atoms with E-state index in [2.05, 4.69) is 23.0 Å². The molecule has 1 saturated carbocycles. The molecule has 3 aliphatic carbocycles. The van der Waals surface area contributed by atoms with Crippen LogP contribution in [0.4, 0.5) is 10.5 Å². The van der Waals surface area contributed by atoms with Crippen molar-refractivity contribution >= 4 is 23.7 Å². The lowest BCUT2D eigenvalue weighted by molar-refractivity contribution is 0.257. The van der Waals surface area contributed by atoms with Crippen molar-refractivity contribution in [3.63, 3.8) is 0 Å². The van der Waals surface area contributed by atoms with Gasteiger partial charge in [0.2, 0.25) is 0 Å². The fourth-order valence-corrected chi connectivity index (χ4v) is 5.36. The number of carbonyl (C=O) groups is 1. The van der Waals surface area contributed by atoms with Gasteiger partial charge in [0.25, 0.3) is 0 Å². The van der Waals surface area contributed by atoms with Gasteiger partial charge in [0.15, 0.2) is 5.09 Å². The Bertz CT molecular complexity index is 979. The zero-order chi connectivity index (χ0) is 19.3. The van der Waals surface area contributed by atoms with Crippen LogP contribution in [-0.4, -0.2) is 6.03 Å². The molecule has 0 unspecified atom stereocenters. The van der Waals surface area contributed by atoms with Crippen LogP contribution in [0.5, 0.6) is 0 Å². The van der Waals surface area contributed by atoms with Crippen LogP contribution in [0.3, 0.4) is 0 Å². The van der Waals surface area contributed by atoms with Crippen LogP contribution >= 0.6 is 11.9 Å². The molecule has 2 N–H and O–H groups in total. The first-order chi connectivity index (χ1) is 13.6. The molecule has 28 heavy (non-hydrogen) atoms. The van der Waals surface area contributed by atoms with E-state index in [9.17, 15) is 10.1 Å². The minimum absolute atomic E-state index is 0.226. The number of urea groups is 1. The standard InChI is InChI=1S/C22H23N3O2S/c1-13-15-4-2-6-17(15)20(18-7-3-5-16(13)18)24-21(26)25-28-19-10-14(11-27-19)22(12-23)8-9-22/h10-11H,2-9H2,1H3,(H2,24,25,26). The summed E-state index contributed by atoms with van der Waals surface area (Å²) in [6.45, 7) is 2.25. The third kappa shape index (κ3) is 2.80. The molecule has 0 bridgehead atoms. The first-order valence-corrected chi connectivity index (χ1v) is 10.8. The lowest BCUT2D eigenvalue weighted by Gasteiger charge is -2.18. The molecule has 0 atom stereocenters. The van der Waals surface area contributed by atoms with Gasteiger partial charge in [-0.25, -0.2) is 4.79 Å². The largest absolute Gasteiger partial charge is 0.456 e. The molecule has 2 aromatic rings. The molecule has 1 fully saturated rings. The van der Waals surface area contributed by atoms with Crippen LogP contribution in [0.25, 0.3) is 0 Å². The van der Waals surface area contributed by atoms with Gasteiger partial charge in [-0.15, -0.1) is 0 Å². The second-order valence-electron chi connectivity index (χ2n) is 8.13. The molecule has 0 spiro atoms. The highest BCUT2D eigenvalue weighted by molar-refractivity contribution is 7.97. The van der Waals surface area contributed by atoms with Crippen molar-refractivity contribution in [2.24, 2.45) is 0 Å². The highest BCUT2D eigenvalue weighted by atomic mass is 32.2. The smallest absolute Gasteiger partial charge is 0.329 e. The van der Waals surface area contributed by atoms with E-state index in [1.807, 2.05) is 6.07 Å². The van der Waals surface area contributed by atoms with E-state index in [-0.39, 0.29) is 11.4 Å². The summed E-state index contributed by atoms with van der Waals surface area (Å²) in [7, 11) is 0. The van der Waals surface area contributed by atoms with Crippen molar-refractivity contribution in [2.75, 3.05) is 5.32 Å². The van der Waals surface area contributed by atoms with E-state index in [1.54, 1.807) is 6.26 Å². The average molecular weight is 394 g/mol. The van der Waals surface area contributed by atoms with Crippen LogP contribution in [0.1, 0.15) is 59.1 Å². The van der Waals surface area contributed by atoms with Gasteiger partial charge >= 0.3 is 6.03 Å². The third-order valence-corrected chi connectivity index (χ3v) is 7.22. The number of hydrogen-bond acceptors (Lipinski definition) is 4. The van der Waals surface area contributed by atoms with E-state index in [0.717, 1.165) is 61.7 Å². The first kappa shape index (κ1) is 17.7. The Balaban J connectivity index is 1.30. The molecule has 5 nitrogen and oxygen atoms in total. The van der Waals surface area contributed by atoms with E-state index in [0.29, 0.717) is 5.09 Å². The van der Waals surface area contributed by atoms with Gasteiger partial charge in [0.05, 0.1) is 17.7 Å². The van der Waals surface area contributed by atoms with Crippen molar-refractivity contribution in [2.45, 2.75) is 68.8 Å². The monoisotopic (exact) mass is 393 g/mol. The lowest BCUT2D eigenvalue weighted by atomic mass is 9.93. The summed E-state index contributed by atoms with van der Waals surface area (Å²) in [4.78, 5) is 12.6. The number of fused-ring (bicyclic) bond motifs is 2. The van der Waals surface area contributed by atoms with Crippen LogP contribution in [0.2, 0.25) is 0 Å². The van der Waals surface area contributed by atoms with Gasteiger partial charge in [-0.3, -0.25) is 4.72 Å². The average Bonchev–Trinajstić information content (AvgIpc) is 3.14. The Morgan fingerprint density at radius 3 is 2.39 bits per heavy atom. The summed E-state index contributed by atoms with van der Waals surface area (Å²) in [6.07, 6.45) is 10.1. The Morgan fingerprint density at radius 2 is 1.79 bits per heavy atom. The summed E-state index contributed by atoms with van der Waals surface area (Å²) in [6, 6.07) is 4.00. The van der Waals surface area contributed by atoms with E-state index < -0.39 is 0 Å². The van der Waals surface area contributed by atoms with Crippen molar-refractivity contribution in [3.8, 4) is 6.07 Å². The van der Waals surface area contributed by atoms with Gasteiger partial charge in [0.1, 0.15) is 0 Å². The van der Waals surface area contributed by atoms with Gasteiger partial charge in [-0.1, -0.05) is 0 Å². The van der Waals surface area contributed by atoms with Gasteiger partial charge < -0.3 is 9.73 Å². The van der Waals surface area contributed by atoms with E-state index in [4.69, 9.17) is 4.42 Å². The summed E-state index contributed by atoms with van der Waals surface area (Å²) < 4.78 is 8.36. The number of benzene rings is 1. The topological polar surface area (TPSA) is 78.1 Å². The molecule has 1 aromatic heterocycles. The Labute approximate surface area is 169 Å². The maximum Gasteiger partial charge on any atom is 0.329 e. The number of nitriles is 1. The molecule has 5 rings (SSSR count). The van der Waals surface area contributed by atoms with Gasteiger partial charge in [-0.05, 0) is 92.2 Å². The summed E-state index contributed by atoms with van der Waals surface area (Å²) in [5.74, 6) is 0. The number of amides is 2. The maximum absolute atomic E-state index is 12.6. The molecule has 144 valence electrons. The zero-order valence-corrected chi connectivity index (χ0v) is 16.8. The van der Waals surface area contributed by atoms with Crippen LogP contribution in [-0.2, 0) is 31.1 Å². The molecular weight excluding hydrogens is 370 g/mol. The Morgan fingerprint density at radius 1 is 1.14 bits per heavy atom. The minimum Gasteiger partial charge on any atom is -0.456 e. The SMILES string of the molecule is Cc1c2c(c(NC(=O)NSc3cc(C4(C#N)CC4)co3)c3c1CCC3)CCC2. The number of nitrogens with zero attached hydrogens (tertiary/aromatic N) is 1. The minimum atomic E-state index is -0.367. The number of anilines is 1. The highest BCUT2D eigenvalue weighted by Crippen LogP contribution is 2.48. The van der Waals surface area contributed by atoms with E-state index in [1.165, 1.54) is 40.7 Å². The predicted molar refractivity (Wildman–Crippen MR) is 108 cm³/mol. The van der Waals surface area contributed by atoms with Gasteiger partial charge in [-0.2, -0.15) is 5.26 Å². The summed E-state index contributed by atoms with van der Waals surface area (Å²) >= 11 is 1.15. The molecule has 2 amide bonds. The molecule has 6 heteroatoms. The highest BCUT2D eigenvalue weighted by Gasteiger charge is 2.46. The lowest BCUT2D eigenvalue weighted by Crippen LogP contribution is -2.24. The Kier molecular flexibility index (Phi) is 4.17. The first-order valence-electron chi connectivity index (χ1n) is 10.0. The number of carbonyl (C=O) groups excluding carboxylic acids is 1. The summed E-state index contributed by atoms with van der Waals surface area (Å²) in [5.41, 5.74) is 8.62. The molecule has 1 aromatic carbocycles. The van der Waals surface area contributed by atoms with Crippen molar-refractivity contribution in [1.29, 1.82) is 5.26 Å². The predicted octanol–water partition coefficient (Wildman–Crippen LogP) is 4.95. The maximum atomic E-state index is 12.6. The zero-order valence-electron chi connectivity index (χ0n) is 16.0.